The van der Waals surface area contributed by atoms with Gasteiger partial charge in [-0.1, -0.05) is 16.8 Å². The minimum absolute atomic E-state index is 0.101. The fraction of sp³-hybridized carbons (Fsp3) is 0.364. The van der Waals surface area contributed by atoms with E-state index in [-0.39, 0.29) is 5.91 Å². The Hall–Kier alpha value is -2.97. The Morgan fingerprint density at radius 3 is 2.68 bits per heavy atom. The Balaban J connectivity index is 1.25. The first-order valence-corrected chi connectivity index (χ1v) is 10.6. The standard InChI is InChI=1S/C22H24ClN5O3/c1-30-19-3-2-18(23)14-17(19)15-27-10-12-28(13-11-27)21(29)5-4-20-25-22(26-31-20)16-6-8-24-9-7-16/h2-3,6-9,14H,4-5,10-13,15H2,1H3. The van der Waals surface area contributed by atoms with Gasteiger partial charge >= 0.3 is 0 Å². The van der Waals surface area contributed by atoms with Crippen molar-refractivity contribution in [2.45, 2.75) is 19.4 Å². The van der Waals surface area contributed by atoms with E-state index in [2.05, 4.69) is 20.0 Å². The smallest absolute Gasteiger partial charge is 0.227 e. The van der Waals surface area contributed by atoms with E-state index in [1.807, 2.05) is 35.2 Å². The number of halogens is 1. The van der Waals surface area contributed by atoms with Crippen LogP contribution in [0.2, 0.25) is 5.02 Å². The maximum atomic E-state index is 12.6. The summed E-state index contributed by atoms with van der Waals surface area (Å²) in [5.41, 5.74) is 1.89. The SMILES string of the molecule is COc1ccc(Cl)cc1CN1CCN(C(=O)CCc2nc(-c3ccncc3)no2)CC1. The zero-order valence-electron chi connectivity index (χ0n) is 17.3. The van der Waals surface area contributed by atoms with Gasteiger partial charge in [-0.05, 0) is 30.3 Å². The van der Waals surface area contributed by atoms with Crippen molar-refractivity contribution >= 4 is 17.5 Å². The first-order valence-electron chi connectivity index (χ1n) is 10.2. The Morgan fingerprint density at radius 1 is 1.16 bits per heavy atom. The van der Waals surface area contributed by atoms with Crippen molar-refractivity contribution in [1.82, 2.24) is 24.9 Å². The Bertz CT molecular complexity index is 1020. The fourth-order valence-electron chi connectivity index (χ4n) is 3.61. The van der Waals surface area contributed by atoms with E-state index in [9.17, 15) is 4.79 Å². The normalized spacial score (nSPS) is 14.6. The summed E-state index contributed by atoms with van der Waals surface area (Å²) in [6, 6.07) is 9.28. The van der Waals surface area contributed by atoms with Crippen molar-refractivity contribution in [2.75, 3.05) is 33.3 Å². The number of ether oxygens (including phenoxy) is 1. The number of methoxy groups -OCH3 is 1. The third kappa shape index (κ3) is 5.39. The molecule has 2 aromatic heterocycles. The molecule has 0 atom stereocenters. The lowest BCUT2D eigenvalue weighted by atomic mass is 10.1. The van der Waals surface area contributed by atoms with Crippen LogP contribution in [0.3, 0.4) is 0 Å². The van der Waals surface area contributed by atoms with Crippen LogP contribution in [-0.4, -0.2) is 64.1 Å². The quantitative estimate of drug-likeness (QED) is 0.557. The lowest BCUT2D eigenvalue weighted by Gasteiger charge is -2.35. The molecule has 0 saturated carbocycles. The first kappa shape index (κ1) is 21.3. The van der Waals surface area contributed by atoms with E-state index in [1.54, 1.807) is 19.5 Å². The van der Waals surface area contributed by atoms with E-state index >= 15 is 0 Å². The van der Waals surface area contributed by atoms with Gasteiger partial charge in [-0.3, -0.25) is 14.7 Å². The Labute approximate surface area is 185 Å². The van der Waals surface area contributed by atoms with Crippen LogP contribution < -0.4 is 4.74 Å². The number of rotatable bonds is 7. The van der Waals surface area contributed by atoms with Crippen molar-refractivity contribution in [3.8, 4) is 17.1 Å². The highest BCUT2D eigenvalue weighted by molar-refractivity contribution is 6.30. The Morgan fingerprint density at radius 2 is 1.94 bits per heavy atom. The predicted molar refractivity (Wildman–Crippen MR) is 116 cm³/mol. The summed E-state index contributed by atoms with van der Waals surface area (Å²) in [5.74, 6) is 1.90. The van der Waals surface area contributed by atoms with Crippen LogP contribution in [0.4, 0.5) is 0 Å². The van der Waals surface area contributed by atoms with Crippen LogP contribution >= 0.6 is 11.6 Å². The summed E-state index contributed by atoms with van der Waals surface area (Å²) in [6.07, 6.45) is 4.13. The number of aromatic nitrogens is 3. The molecular formula is C22H24ClN5O3. The molecule has 1 fully saturated rings. The highest BCUT2D eigenvalue weighted by Gasteiger charge is 2.22. The molecule has 9 heteroatoms. The topological polar surface area (TPSA) is 84.6 Å². The lowest BCUT2D eigenvalue weighted by molar-refractivity contribution is -0.133. The van der Waals surface area contributed by atoms with Gasteiger partial charge in [0.1, 0.15) is 5.75 Å². The molecule has 0 radical (unpaired) electrons. The number of piperazine rings is 1. The summed E-state index contributed by atoms with van der Waals surface area (Å²) >= 11 is 6.13. The van der Waals surface area contributed by atoms with E-state index in [0.29, 0.717) is 42.7 Å². The molecule has 31 heavy (non-hydrogen) atoms. The van der Waals surface area contributed by atoms with Crippen LogP contribution in [0.25, 0.3) is 11.4 Å². The zero-order valence-corrected chi connectivity index (χ0v) is 18.1. The Kier molecular flexibility index (Phi) is 6.79. The molecule has 0 N–H and O–H groups in total. The minimum atomic E-state index is 0.101. The molecule has 0 unspecified atom stereocenters. The largest absolute Gasteiger partial charge is 0.496 e. The second kappa shape index (κ2) is 9.89. The molecule has 1 amide bonds. The molecule has 1 saturated heterocycles. The van der Waals surface area contributed by atoms with Crippen LogP contribution in [0, 0.1) is 0 Å². The molecular weight excluding hydrogens is 418 g/mol. The summed E-state index contributed by atoms with van der Waals surface area (Å²) in [5, 5.41) is 4.67. The molecule has 1 aliphatic heterocycles. The van der Waals surface area contributed by atoms with E-state index < -0.39 is 0 Å². The third-order valence-electron chi connectivity index (χ3n) is 5.32. The predicted octanol–water partition coefficient (Wildman–Crippen LogP) is 3.07. The second-order valence-corrected chi connectivity index (χ2v) is 7.80. The van der Waals surface area contributed by atoms with Gasteiger partial charge in [0.2, 0.25) is 17.6 Å². The molecule has 1 aliphatic rings. The highest BCUT2D eigenvalue weighted by atomic mass is 35.5. The lowest BCUT2D eigenvalue weighted by Crippen LogP contribution is -2.48. The van der Waals surface area contributed by atoms with Crippen molar-refractivity contribution < 1.29 is 14.1 Å². The van der Waals surface area contributed by atoms with Crippen LogP contribution in [0.15, 0.2) is 47.2 Å². The monoisotopic (exact) mass is 441 g/mol. The molecule has 0 bridgehead atoms. The van der Waals surface area contributed by atoms with E-state index in [1.165, 1.54) is 0 Å². The third-order valence-corrected chi connectivity index (χ3v) is 5.56. The molecule has 1 aromatic carbocycles. The maximum absolute atomic E-state index is 12.6. The first-order chi connectivity index (χ1) is 15.1. The highest BCUT2D eigenvalue weighted by Crippen LogP contribution is 2.24. The van der Waals surface area contributed by atoms with E-state index in [4.69, 9.17) is 20.9 Å². The molecule has 0 aliphatic carbocycles. The van der Waals surface area contributed by atoms with Gasteiger partial charge < -0.3 is 14.2 Å². The molecule has 0 spiro atoms. The van der Waals surface area contributed by atoms with Gasteiger partial charge in [0.15, 0.2) is 0 Å². The van der Waals surface area contributed by atoms with Gasteiger partial charge in [-0.2, -0.15) is 4.98 Å². The van der Waals surface area contributed by atoms with Gasteiger partial charge in [0.25, 0.3) is 0 Å². The van der Waals surface area contributed by atoms with E-state index in [0.717, 1.165) is 36.5 Å². The second-order valence-electron chi connectivity index (χ2n) is 7.36. The number of nitrogens with zero attached hydrogens (tertiary/aromatic N) is 5. The number of carbonyl (C=O) groups is 1. The molecule has 162 valence electrons. The summed E-state index contributed by atoms with van der Waals surface area (Å²) in [7, 11) is 1.66. The molecule has 4 rings (SSSR count). The fourth-order valence-corrected chi connectivity index (χ4v) is 3.81. The number of aryl methyl sites for hydroxylation is 1. The van der Waals surface area contributed by atoms with Crippen molar-refractivity contribution in [3.05, 3.63) is 59.2 Å². The molecule has 3 aromatic rings. The zero-order chi connectivity index (χ0) is 21.6. The van der Waals surface area contributed by atoms with Gasteiger partial charge in [0.05, 0.1) is 7.11 Å². The van der Waals surface area contributed by atoms with Gasteiger partial charge in [-0.25, -0.2) is 0 Å². The number of hydrogen-bond acceptors (Lipinski definition) is 7. The number of hydrogen-bond donors (Lipinski definition) is 0. The van der Waals surface area contributed by atoms with Crippen LogP contribution in [0.5, 0.6) is 5.75 Å². The number of benzene rings is 1. The van der Waals surface area contributed by atoms with Crippen molar-refractivity contribution in [3.63, 3.8) is 0 Å². The summed E-state index contributed by atoms with van der Waals surface area (Å²) < 4.78 is 10.7. The average molecular weight is 442 g/mol. The average Bonchev–Trinajstić information content (AvgIpc) is 3.28. The van der Waals surface area contributed by atoms with Crippen LogP contribution in [-0.2, 0) is 17.8 Å². The number of pyridine rings is 1. The van der Waals surface area contributed by atoms with Crippen molar-refractivity contribution in [2.24, 2.45) is 0 Å². The summed E-state index contributed by atoms with van der Waals surface area (Å²) in [4.78, 5) is 25.2. The van der Waals surface area contributed by atoms with Gasteiger partial charge in [0, 0.05) is 74.1 Å². The van der Waals surface area contributed by atoms with Crippen molar-refractivity contribution in [1.29, 1.82) is 0 Å². The van der Waals surface area contributed by atoms with Crippen LogP contribution in [0.1, 0.15) is 17.9 Å². The molecule has 8 nitrogen and oxygen atoms in total. The molecule has 3 heterocycles. The number of carbonyl (C=O) groups excluding carboxylic acids is 1. The number of amides is 1. The van der Waals surface area contributed by atoms with Gasteiger partial charge in [-0.15, -0.1) is 0 Å². The summed E-state index contributed by atoms with van der Waals surface area (Å²) in [6.45, 7) is 3.72. The maximum Gasteiger partial charge on any atom is 0.227 e. The minimum Gasteiger partial charge on any atom is -0.496 e.